The minimum atomic E-state index is 0.693. The van der Waals surface area contributed by atoms with Crippen LogP contribution in [0.25, 0.3) is 10.9 Å². The Labute approximate surface area is 152 Å². The number of fused-ring (bicyclic) bond motifs is 1. The lowest BCUT2D eigenvalue weighted by Crippen LogP contribution is -2.10. The van der Waals surface area contributed by atoms with Crippen molar-refractivity contribution in [3.63, 3.8) is 0 Å². The topological polar surface area (TPSA) is 50.2 Å². The Morgan fingerprint density at radius 3 is 2.46 bits per heavy atom. The average Bonchev–Trinajstić information content (AvgIpc) is 2.72. The average molecular weight is 338 g/mol. The summed E-state index contributed by atoms with van der Waals surface area (Å²) < 4.78 is 0. The fourth-order valence-corrected chi connectivity index (χ4v) is 2.76. The highest BCUT2D eigenvalue weighted by molar-refractivity contribution is 6.00. The second-order valence-electron chi connectivity index (χ2n) is 5.94. The van der Waals surface area contributed by atoms with Crippen molar-refractivity contribution in [1.82, 2.24) is 9.97 Å². The van der Waals surface area contributed by atoms with Gasteiger partial charge in [0.2, 0.25) is 0 Å². The molecule has 26 heavy (non-hydrogen) atoms. The van der Waals surface area contributed by atoms with Crippen molar-refractivity contribution in [2.75, 3.05) is 5.43 Å². The van der Waals surface area contributed by atoms with Crippen molar-refractivity contribution in [1.29, 1.82) is 0 Å². The van der Waals surface area contributed by atoms with Crippen LogP contribution in [0, 0.1) is 0 Å². The molecule has 0 aliphatic rings. The minimum absolute atomic E-state index is 0.693. The number of hydrazone groups is 1. The van der Waals surface area contributed by atoms with Gasteiger partial charge in [-0.05, 0) is 35.9 Å². The molecular formula is C22H18N4. The molecule has 4 heteroatoms. The Bertz CT molecular complexity index is 1030. The summed E-state index contributed by atoms with van der Waals surface area (Å²) in [5.41, 5.74) is 6.94. The number of hydrogen-bond donors (Lipinski definition) is 1. The maximum Gasteiger partial charge on any atom is 0.146 e. The zero-order valence-electron chi connectivity index (χ0n) is 14.2. The Balaban J connectivity index is 1.63. The molecule has 0 atom stereocenters. The van der Waals surface area contributed by atoms with Gasteiger partial charge in [-0.2, -0.15) is 5.10 Å². The fourth-order valence-electron chi connectivity index (χ4n) is 2.76. The fraction of sp³-hybridized carbons (Fsp3) is 0.0455. The zero-order chi connectivity index (χ0) is 17.6. The van der Waals surface area contributed by atoms with Gasteiger partial charge in [0.05, 0.1) is 16.9 Å². The lowest BCUT2D eigenvalue weighted by molar-refractivity contribution is 1.18. The van der Waals surface area contributed by atoms with Crippen molar-refractivity contribution >= 4 is 22.4 Å². The molecule has 2 aromatic carbocycles. The summed E-state index contributed by atoms with van der Waals surface area (Å²) in [6, 6.07) is 28.1. The number of nitrogens with zero attached hydrogens (tertiary/aromatic N) is 3. The third kappa shape index (κ3) is 3.75. The first-order valence-corrected chi connectivity index (χ1v) is 8.52. The van der Waals surface area contributed by atoms with E-state index in [1.165, 1.54) is 5.56 Å². The van der Waals surface area contributed by atoms with Crippen LogP contribution >= 0.6 is 0 Å². The number of aromatic nitrogens is 2. The van der Waals surface area contributed by atoms with E-state index in [-0.39, 0.29) is 0 Å². The van der Waals surface area contributed by atoms with Crippen LogP contribution in [0.15, 0.2) is 96.2 Å². The molecule has 0 radical (unpaired) electrons. The highest BCUT2D eigenvalue weighted by Crippen LogP contribution is 2.15. The van der Waals surface area contributed by atoms with Gasteiger partial charge in [-0.1, -0.05) is 54.6 Å². The van der Waals surface area contributed by atoms with Gasteiger partial charge in [-0.3, -0.25) is 10.4 Å². The van der Waals surface area contributed by atoms with E-state index in [1.54, 1.807) is 6.20 Å². The number of hydrogen-bond acceptors (Lipinski definition) is 4. The van der Waals surface area contributed by atoms with E-state index in [9.17, 15) is 0 Å². The van der Waals surface area contributed by atoms with E-state index < -0.39 is 0 Å². The molecule has 0 bridgehead atoms. The smallest absolute Gasteiger partial charge is 0.146 e. The van der Waals surface area contributed by atoms with E-state index >= 15 is 0 Å². The first-order valence-electron chi connectivity index (χ1n) is 8.52. The molecule has 4 nitrogen and oxygen atoms in total. The van der Waals surface area contributed by atoms with Crippen LogP contribution in [-0.2, 0) is 6.42 Å². The van der Waals surface area contributed by atoms with Crippen LogP contribution in [0.4, 0.5) is 5.82 Å². The quantitative estimate of drug-likeness (QED) is 0.424. The third-order valence-electron chi connectivity index (χ3n) is 4.08. The molecule has 0 saturated carbocycles. The van der Waals surface area contributed by atoms with Gasteiger partial charge < -0.3 is 0 Å². The normalized spacial score (nSPS) is 11.5. The number of rotatable bonds is 5. The zero-order valence-corrected chi connectivity index (χ0v) is 14.2. The number of pyridine rings is 2. The molecule has 4 aromatic rings. The Morgan fingerprint density at radius 1 is 0.808 bits per heavy atom. The summed E-state index contributed by atoms with van der Waals surface area (Å²) in [4.78, 5) is 9.06. The van der Waals surface area contributed by atoms with Crippen molar-refractivity contribution in [2.45, 2.75) is 6.42 Å². The van der Waals surface area contributed by atoms with Crippen molar-refractivity contribution in [2.24, 2.45) is 5.10 Å². The Hall–Kier alpha value is -3.53. The highest BCUT2D eigenvalue weighted by atomic mass is 15.3. The van der Waals surface area contributed by atoms with Crippen molar-refractivity contribution in [3.05, 3.63) is 102 Å². The van der Waals surface area contributed by atoms with Gasteiger partial charge in [-0.25, -0.2) is 4.98 Å². The molecule has 2 heterocycles. The van der Waals surface area contributed by atoms with E-state index in [0.717, 1.165) is 22.3 Å². The monoisotopic (exact) mass is 338 g/mol. The third-order valence-corrected chi connectivity index (χ3v) is 4.08. The van der Waals surface area contributed by atoms with E-state index in [4.69, 9.17) is 0 Å². The molecule has 0 aliphatic carbocycles. The predicted molar refractivity (Wildman–Crippen MR) is 106 cm³/mol. The van der Waals surface area contributed by atoms with E-state index in [0.29, 0.717) is 12.2 Å². The van der Waals surface area contributed by atoms with Crippen LogP contribution in [0.3, 0.4) is 0 Å². The molecule has 126 valence electrons. The number of nitrogens with one attached hydrogen (secondary N) is 1. The van der Waals surface area contributed by atoms with Gasteiger partial charge in [-0.15, -0.1) is 0 Å². The lowest BCUT2D eigenvalue weighted by Gasteiger charge is -2.08. The molecule has 0 aliphatic heterocycles. The summed E-state index contributed by atoms with van der Waals surface area (Å²) in [5.74, 6) is 0.713. The molecule has 0 unspecified atom stereocenters. The van der Waals surface area contributed by atoms with Gasteiger partial charge in [0.25, 0.3) is 0 Å². The molecule has 0 amide bonds. The van der Waals surface area contributed by atoms with Crippen LogP contribution < -0.4 is 5.43 Å². The van der Waals surface area contributed by atoms with Gasteiger partial charge in [0.15, 0.2) is 0 Å². The summed E-state index contributed by atoms with van der Waals surface area (Å²) in [7, 11) is 0. The molecule has 0 fully saturated rings. The maximum absolute atomic E-state index is 4.61. The largest absolute Gasteiger partial charge is 0.261 e. The molecule has 4 rings (SSSR count). The summed E-state index contributed by atoms with van der Waals surface area (Å²) in [6.07, 6.45) is 2.47. The van der Waals surface area contributed by atoms with Crippen LogP contribution in [-0.4, -0.2) is 15.7 Å². The molecule has 1 N–H and O–H groups in total. The first kappa shape index (κ1) is 16.0. The molecule has 0 saturated heterocycles. The van der Waals surface area contributed by atoms with Crippen LogP contribution in [0.2, 0.25) is 0 Å². The first-order chi connectivity index (χ1) is 12.9. The van der Waals surface area contributed by atoms with Crippen LogP contribution in [0.5, 0.6) is 0 Å². The SMILES string of the molecule is c1ccc(CC(=NNc2ccc3ccccc3n2)c2ccccn2)cc1. The standard InChI is InChI=1S/C22H18N4/c1-2-8-17(9-3-1)16-21(20-12-6-7-15-23-20)25-26-22-14-13-18-10-4-5-11-19(18)24-22/h1-15H,16H2,(H,24,26). The van der Waals surface area contributed by atoms with Crippen LogP contribution in [0.1, 0.15) is 11.3 Å². The summed E-state index contributed by atoms with van der Waals surface area (Å²) >= 11 is 0. The summed E-state index contributed by atoms with van der Waals surface area (Å²) in [6.45, 7) is 0. The molecule has 0 spiro atoms. The van der Waals surface area contributed by atoms with E-state index in [1.807, 2.05) is 72.8 Å². The van der Waals surface area contributed by atoms with Gasteiger partial charge >= 0.3 is 0 Å². The predicted octanol–water partition coefficient (Wildman–Crippen LogP) is 4.69. The van der Waals surface area contributed by atoms with Crippen molar-refractivity contribution in [3.8, 4) is 0 Å². The second-order valence-corrected chi connectivity index (χ2v) is 5.94. The molecule has 2 aromatic heterocycles. The van der Waals surface area contributed by atoms with E-state index in [2.05, 4.69) is 32.6 Å². The second kappa shape index (κ2) is 7.57. The molecular weight excluding hydrogens is 320 g/mol. The van der Waals surface area contributed by atoms with Gasteiger partial charge in [0.1, 0.15) is 5.82 Å². The minimum Gasteiger partial charge on any atom is -0.261 e. The lowest BCUT2D eigenvalue weighted by atomic mass is 10.1. The van der Waals surface area contributed by atoms with Gasteiger partial charge in [0, 0.05) is 18.0 Å². The van der Waals surface area contributed by atoms with Crippen molar-refractivity contribution < 1.29 is 0 Å². The summed E-state index contributed by atoms with van der Waals surface area (Å²) in [5, 5.41) is 5.72. The number of anilines is 1. The highest BCUT2D eigenvalue weighted by Gasteiger charge is 2.07. The Kier molecular flexibility index (Phi) is 4.65. The number of benzene rings is 2. The maximum atomic E-state index is 4.61. The number of para-hydroxylation sites is 1. The Morgan fingerprint density at radius 2 is 1.62 bits per heavy atom.